The summed E-state index contributed by atoms with van der Waals surface area (Å²) in [7, 11) is 4.00. The minimum absolute atomic E-state index is 0.137. The summed E-state index contributed by atoms with van der Waals surface area (Å²) in [6.07, 6.45) is 3.58. The summed E-state index contributed by atoms with van der Waals surface area (Å²) in [6, 6.07) is 10.5. The molecule has 0 saturated carbocycles. The van der Waals surface area contributed by atoms with Crippen LogP contribution < -0.4 is 10.2 Å². The molecule has 1 N–H and O–H groups in total. The molecule has 2 aromatic rings. The molecule has 1 saturated heterocycles. The van der Waals surface area contributed by atoms with Gasteiger partial charge in [-0.05, 0) is 12.0 Å². The van der Waals surface area contributed by atoms with E-state index >= 15 is 0 Å². The number of amides is 1. The zero-order chi connectivity index (χ0) is 16.9. The fourth-order valence-corrected chi connectivity index (χ4v) is 3.68. The van der Waals surface area contributed by atoms with Gasteiger partial charge in [-0.15, -0.1) is 11.3 Å². The van der Waals surface area contributed by atoms with Gasteiger partial charge in [-0.1, -0.05) is 30.3 Å². The minimum Gasteiger partial charge on any atom is -0.354 e. The van der Waals surface area contributed by atoms with Gasteiger partial charge in [0.25, 0.3) is 0 Å². The van der Waals surface area contributed by atoms with E-state index in [0.29, 0.717) is 6.42 Å². The topological polar surface area (TPSA) is 48.5 Å². The maximum atomic E-state index is 12.0. The van der Waals surface area contributed by atoms with Crippen LogP contribution in [0.4, 0.5) is 5.13 Å². The number of hydrogen-bond donors (Lipinski definition) is 1. The normalized spacial score (nSPS) is 15.8. The predicted molar refractivity (Wildman–Crippen MR) is 98.3 cm³/mol. The maximum Gasteiger partial charge on any atom is 0.222 e. The van der Waals surface area contributed by atoms with Crippen LogP contribution in [0, 0.1) is 0 Å². The lowest BCUT2D eigenvalue weighted by Gasteiger charge is -2.25. The molecule has 1 aromatic carbocycles. The Morgan fingerprint density at radius 3 is 2.75 bits per heavy atom. The summed E-state index contributed by atoms with van der Waals surface area (Å²) in [5, 5.41) is 4.62. The van der Waals surface area contributed by atoms with Crippen molar-refractivity contribution in [2.75, 3.05) is 32.1 Å². The number of nitrogens with one attached hydrogen (secondary N) is 1. The molecule has 3 rings (SSSR count). The fourth-order valence-electron chi connectivity index (χ4n) is 2.90. The Labute approximate surface area is 147 Å². The highest BCUT2D eigenvalue weighted by Gasteiger charge is 2.24. The van der Waals surface area contributed by atoms with Crippen molar-refractivity contribution in [3.8, 4) is 0 Å². The SMILES string of the molecule is CN(C)c1ncc(CN[C@H](CN2CCCC2=O)c2ccccc2)s1. The van der Waals surface area contributed by atoms with Gasteiger partial charge in [0.1, 0.15) is 0 Å². The lowest BCUT2D eigenvalue weighted by Crippen LogP contribution is -2.35. The third-order valence-electron chi connectivity index (χ3n) is 4.22. The second-order valence-corrected chi connectivity index (χ2v) is 7.38. The minimum atomic E-state index is 0.137. The van der Waals surface area contributed by atoms with Gasteiger partial charge >= 0.3 is 0 Å². The first-order valence-electron chi connectivity index (χ1n) is 8.31. The molecule has 1 atom stereocenters. The van der Waals surface area contributed by atoms with E-state index in [1.165, 1.54) is 10.4 Å². The maximum absolute atomic E-state index is 12.0. The molecule has 0 bridgehead atoms. The summed E-state index contributed by atoms with van der Waals surface area (Å²) in [4.78, 5) is 21.6. The van der Waals surface area contributed by atoms with Gasteiger partial charge in [0, 0.05) is 51.2 Å². The quantitative estimate of drug-likeness (QED) is 0.839. The monoisotopic (exact) mass is 344 g/mol. The molecule has 128 valence electrons. The van der Waals surface area contributed by atoms with Crippen molar-refractivity contribution in [2.24, 2.45) is 0 Å². The number of anilines is 1. The first kappa shape index (κ1) is 16.9. The third kappa shape index (κ3) is 4.13. The standard InChI is InChI=1S/C18H24N4OS/c1-21(2)18-20-12-15(24-18)11-19-16(14-7-4-3-5-8-14)13-22-10-6-9-17(22)23/h3-5,7-8,12,16,19H,6,9-11,13H2,1-2H3/t16-/m1/s1. The lowest BCUT2D eigenvalue weighted by atomic mass is 10.1. The highest BCUT2D eigenvalue weighted by molar-refractivity contribution is 7.15. The molecule has 1 aliphatic heterocycles. The van der Waals surface area contributed by atoms with Gasteiger partial charge in [-0.3, -0.25) is 4.79 Å². The molecule has 0 aliphatic carbocycles. The van der Waals surface area contributed by atoms with E-state index in [9.17, 15) is 4.79 Å². The summed E-state index contributed by atoms with van der Waals surface area (Å²) < 4.78 is 0. The molecule has 1 fully saturated rings. The second kappa shape index (κ2) is 7.77. The van der Waals surface area contributed by atoms with Crippen LogP contribution in [0.2, 0.25) is 0 Å². The molecule has 5 nitrogen and oxygen atoms in total. The molecule has 1 amide bonds. The Hall–Kier alpha value is -1.92. The Bertz CT molecular complexity index is 671. The first-order chi connectivity index (χ1) is 11.6. The number of thiazole rings is 1. The van der Waals surface area contributed by atoms with Crippen molar-refractivity contribution < 1.29 is 4.79 Å². The van der Waals surface area contributed by atoms with Crippen molar-refractivity contribution >= 4 is 22.4 Å². The van der Waals surface area contributed by atoms with Crippen LogP contribution in [0.3, 0.4) is 0 Å². The number of carbonyl (C=O) groups is 1. The van der Waals surface area contributed by atoms with E-state index in [0.717, 1.165) is 31.2 Å². The van der Waals surface area contributed by atoms with Crippen LogP contribution >= 0.6 is 11.3 Å². The average molecular weight is 344 g/mol. The number of hydrogen-bond acceptors (Lipinski definition) is 5. The summed E-state index contributed by atoms with van der Waals surface area (Å²) in [6.45, 7) is 2.35. The molecule has 0 unspecified atom stereocenters. The smallest absolute Gasteiger partial charge is 0.222 e. The molecule has 1 aliphatic rings. The number of benzene rings is 1. The second-order valence-electron chi connectivity index (χ2n) is 6.29. The van der Waals surface area contributed by atoms with Crippen LogP contribution in [-0.2, 0) is 11.3 Å². The van der Waals surface area contributed by atoms with Crippen LogP contribution in [0.1, 0.15) is 29.3 Å². The van der Waals surface area contributed by atoms with E-state index in [4.69, 9.17) is 0 Å². The molecule has 2 heterocycles. The highest BCUT2D eigenvalue weighted by atomic mass is 32.1. The van der Waals surface area contributed by atoms with Gasteiger partial charge in [0.15, 0.2) is 5.13 Å². The van der Waals surface area contributed by atoms with Crippen molar-refractivity contribution in [3.63, 3.8) is 0 Å². The zero-order valence-electron chi connectivity index (χ0n) is 14.2. The molecule has 0 spiro atoms. The van der Waals surface area contributed by atoms with Gasteiger partial charge in [-0.25, -0.2) is 4.98 Å². The van der Waals surface area contributed by atoms with Crippen LogP contribution in [-0.4, -0.2) is 43.0 Å². The Balaban J connectivity index is 1.68. The van der Waals surface area contributed by atoms with Crippen molar-refractivity contribution in [3.05, 3.63) is 47.0 Å². The van der Waals surface area contributed by atoms with Crippen molar-refractivity contribution in [1.82, 2.24) is 15.2 Å². The molecule has 0 radical (unpaired) electrons. The molecule has 1 aromatic heterocycles. The lowest BCUT2D eigenvalue weighted by molar-refractivity contribution is -0.128. The largest absolute Gasteiger partial charge is 0.354 e. The van der Waals surface area contributed by atoms with Gasteiger partial charge in [0.2, 0.25) is 5.91 Å². The summed E-state index contributed by atoms with van der Waals surface area (Å²) in [5.74, 6) is 0.269. The Kier molecular flexibility index (Phi) is 5.48. The Morgan fingerprint density at radius 2 is 2.12 bits per heavy atom. The van der Waals surface area contributed by atoms with E-state index in [2.05, 4.69) is 22.4 Å². The molecular formula is C18H24N4OS. The predicted octanol–water partition coefficient (Wildman–Crippen LogP) is 2.66. The van der Waals surface area contributed by atoms with E-state index in [-0.39, 0.29) is 11.9 Å². The molecule has 24 heavy (non-hydrogen) atoms. The summed E-state index contributed by atoms with van der Waals surface area (Å²) in [5.41, 5.74) is 1.22. The van der Waals surface area contributed by atoms with E-state index in [1.807, 2.05) is 48.3 Å². The molecule has 6 heteroatoms. The van der Waals surface area contributed by atoms with Crippen LogP contribution in [0.25, 0.3) is 0 Å². The van der Waals surface area contributed by atoms with Gasteiger partial charge in [0.05, 0.1) is 6.04 Å². The highest BCUT2D eigenvalue weighted by Crippen LogP contribution is 2.23. The van der Waals surface area contributed by atoms with Gasteiger partial charge in [-0.2, -0.15) is 0 Å². The third-order valence-corrected chi connectivity index (χ3v) is 5.39. The molecular weight excluding hydrogens is 320 g/mol. The number of nitrogens with zero attached hydrogens (tertiary/aromatic N) is 3. The first-order valence-corrected chi connectivity index (χ1v) is 9.13. The van der Waals surface area contributed by atoms with E-state index in [1.54, 1.807) is 11.3 Å². The van der Waals surface area contributed by atoms with Crippen molar-refractivity contribution in [1.29, 1.82) is 0 Å². The van der Waals surface area contributed by atoms with E-state index < -0.39 is 0 Å². The number of likely N-dealkylation sites (tertiary alicyclic amines) is 1. The number of carbonyl (C=O) groups excluding carboxylic acids is 1. The van der Waals surface area contributed by atoms with Gasteiger partial charge < -0.3 is 15.1 Å². The fraction of sp³-hybridized carbons (Fsp3) is 0.444. The summed E-state index contributed by atoms with van der Waals surface area (Å²) >= 11 is 1.69. The van der Waals surface area contributed by atoms with Crippen molar-refractivity contribution in [2.45, 2.75) is 25.4 Å². The number of rotatable bonds is 7. The average Bonchev–Trinajstić information content (AvgIpc) is 3.21. The van der Waals surface area contributed by atoms with Crippen LogP contribution in [0.5, 0.6) is 0 Å². The zero-order valence-corrected chi connectivity index (χ0v) is 15.1. The van der Waals surface area contributed by atoms with Crippen LogP contribution in [0.15, 0.2) is 36.5 Å². The Morgan fingerprint density at radius 1 is 1.33 bits per heavy atom. The number of aromatic nitrogens is 1.